The minimum Gasteiger partial charge on any atom is -0.504 e. The lowest BCUT2D eigenvalue weighted by Gasteiger charge is -2.14. The van der Waals surface area contributed by atoms with Crippen LogP contribution in [0.3, 0.4) is 0 Å². The van der Waals surface area contributed by atoms with Crippen LogP contribution >= 0.6 is 0 Å². The third-order valence-electron chi connectivity index (χ3n) is 3.98. The second-order valence-electron chi connectivity index (χ2n) is 5.70. The van der Waals surface area contributed by atoms with E-state index in [2.05, 4.69) is 20.2 Å². The van der Waals surface area contributed by atoms with Crippen LogP contribution < -0.4 is 15.0 Å². The first-order valence-corrected chi connectivity index (χ1v) is 7.89. The molecule has 0 spiro atoms. The monoisotopic (exact) mass is 314 g/mol. The minimum atomic E-state index is 0.155. The molecule has 1 saturated heterocycles. The summed E-state index contributed by atoms with van der Waals surface area (Å²) in [5.41, 5.74) is 2.10. The first kappa shape index (κ1) is 15.6. The van der Waals surface area contributed by atoms with Gasteiger partial charge in [0.2, 0.25) is 5.95 Å². The normalized spacial score (nSPS) is 14.2. The highest BCUT2D eigenvalue weighted by molar-refractivity contribution is 5.41. The van der Waals surface area contributed by atoms with Crippen LogP contribution in [0.25, 0.3) is 0 Å². The molecule has 2 heterocycles. The van der Waals surface area contributed by atoms with Gasteiger partial charge in [-0.25, -0.2) is 9.97 Å². The third kappa shape index (κ3) is 3.90. The zero-order chi connectivity index (χ0) is 16.1. The second-order valence-corrected chi connectivity index (χ2v) is 5.70. The van der Waals surface area contributed by atoms with Gasteiger partial charge in [0.1, 0.15) is 0 Å². The largest absolute Gasteiger partial charge is 0.504 e. The van der Waals surface area contributed by atoms with Crippen molar-refractivity contribution in [2.24, 2.45) is 0 Å². The summed E-state index contributed by atoms with van der Waals surface area (Å²) in [6.45, 7) is 3.49. The Kier molecular flexibility index (Phi) is 4.92. The molecule has 2 N–H and O–H groups in total. The Hall–Kier alpha value is -2.34. The summed E-state index contributed by atoms with van der Waals surface area (Å²) in [5.74, 6) is 1.47. The van der Waals surface area contributed by atoms with E-state index in [0.29, 0.717) is 18.8 Å². The summed E-state index contributed by atoms with van der Waals surface area (Å²) >= 11 is 0. The molecule has 2 aromatic rings. The number of hydrogen-bond donors (Lipinski definition) is 2. The maximum atomic E-state index is 9.59. The predicted molar refractivity (Wildman–Crippen MR) is 88.7 cm³/mol. The molecular formula is C17H22N4O2. The van der Waals surface area contributed by atoms with Crippen molar-refractivity contribution >= 4 is 5.95 Å². The number of phenols is 1. The summed E-state index contributed by atoms with van der Waals surface area (Å²) in [6, 6.07) is 5.34. The fourth-order valence-corrected chi connectivity index (χ4v) is 2.70. The van der Waals surface area contributed by atoms with E-state index in [1.54, 1.807) is 13.2 Å². The van der Waals surface area contributed by atoms with Crippen LogP contribution in [-0.4, -0.2) is 35.3 Å². The van der Waals surface area contributed by atoms with Gasteiger partial charge in [0.15, 0.2) is 11.5 Å². The molecule has 1 fully saturated rings. The Morgan fingerprint density at radius 1 is 1.13 bits per heavy atom. The molecule has 0 saturated carbocycles. The molecule has 1 aromatic heterocycles. The van der Waals surface area contributed by atoms with Gasteiger partial charge in [-0.1, -0.05) is 6.07 Å². The van der Waals surface area contributed by atoms with E-state index in [1.165, 1.54) is 12.8 Å². The number of methoxy groups -OCH3 is 1. The lowest BCUT2D eigenvalue weighted by atomic mass is 10.2. The van der Waals surface area contributed by atoms with Crippen molar-refractivity contribution in [3.63, 3.8) is 0 Å². The average Bonchev–Trinajstić information content (AvgIpc) is 3.11. The molecule has 0 amide bonds. The molecule has 3 rings (SSSR count). The Morgan fingerprint density at radius 2 is 1.83 bits per heavy atom. The molecule has 0 radical (unpaired) electrons. The number of hydrogen-bond acceptors (Lipinski definition) is 6. The number of aromatic hydroxyl groups is 1. The quantitative estimate of drug-likeness (QED) is 0.851. The van der Waals surface area contributed by atoms with Crippen LogP contribution in [0.1, 0.15) is 24.0 Å². The Bertz CT molecular complexity index is 640. The fraction of sp³-hybridized carbons (Fsp3) is 0.412. The maximum Gasteiger partial charge on any atom is 0.225 e. The van der Waals surface area contributed by atoms with Crippen LogP contribution in [0.15, 0.2) is 30.6 Å². The van der Waals surface area contributed by atoms with E-state index in [9.17, 15) is 5.11 Å². The van der Waals surface area contributed by atoms with Crippen LogP contribution in [0.5, 0.6) is 11.5 Å². The number of rotatable bonds is 6. The summed E-state index contributed by atoms with van der Waals surface area (Å²) in [6.07, 6.45) is 6.21. The number of anilines is 1. The zero-order valence-electron chi connectivity index (χ0n) is 13.3. The molecule has 0 unspecified atom stereocenters. The van der Waals surface area contributed by atoms with Gasteiger partial charge >= 0.3 is 0 Å². The van der Waals surface area contributed by atoms with Crippen molar-refractivity contribution in [3.8, 4) is 11.5 Å². The van der Waals surface area contributed by atoms with Crippen LogP contribution in [0.2, 0.25) is 0 Å². The second kappa shape index (κ2) is 7.28. The van der Waals surface area contributed by atoms with Crippen molar-refractivity contribution < 1.29 is 9.84 Å². The van der Waals surface area contributed by atoms with E-state index in [-0.39, 0.29) is 5.75 Å². The molecule has 1 aliphatic rings. The molecule has 1 aliphatic heterocycles. The molecule has 6 nitrogen and oxygen atoms in total. The maximum absolute atomic E-state index is 9.59. The molecule has 0 bridgehead atoms. The number of benzene rings is 1. The van der Waals surface area contributed by atoms with Gasteiger partial charge in [-0.15, -0.1) is 0 Å². The SMILES string of the molecule is COc1cc(CNCc2cnc(N3CCCC3)nc2)ccc1O. The molecular weight excluding hydrogens is 292 g/mol. The number of nitrogens with zero attached hydrogens (tertiary/aromatic N) is 3. The fourth-order valence-electron chi connectivity index (χ4n) is 2.70. The van der Waals surface area contributed by atoms with Gasteiger partial charge in [-0.2, -0.15) is 0 Å². The molecule has 122 valence electrons. The highest BCUT2D eigenvalue weighted by atomic mass is 16.5. The number of aromatic nitrogens is 2. The smallest absolute Gasteiger partial charge is 0.225 e. The van der Waals surface area contributed by atoms with Crippen LogP contribution in [0, 0.1) is 0 Å². The number of phenolic OH excluding ortho intramolecular Hbond substituents is 1. The predicted octanol–water partition coefficient (Wildman–Crippen LogP) is 2.08. The Labute approximate surface area is 136 Å². The number of ether oxygens (including phenoxy) is 1. The highest BCUT2D eigenvalue weighted by Gasteiger charge is 2.14. The van der Waals surface area contributed by atoms with E-state index in [4.69, 9.17) is 4.74 Å². The molecule has 0 atom stereocenters. The first-order valence-electron chi connectivity index (χ1n) is 7.89. The minimum absolute atomic E-state index is 0.155. The van der Waals surface area contributed by atoms with E-state index < -0.39 is 0 Å². The standard InChI is InChI=1S/C17H22N4O2/c1-23-16-8-13(4-5-15(16)22)9-18-10-14-11-19-17(20-12-14)21-6-2-3-7-21/h4-5,8,11-12,18,22H,2-3,6-7,9-10H2,1H3. The summed E-state index contributed by atoms with van der Waals surface area (Å²) < 4.78 is 5.11. The van der Waals surface area contributed by atoms with Crippen LogP contribution in [0.4, 0.5) is 5.95 Å². The van der Waals surface area contributed by atoms with Gasteiger partial charge in [0, 0.05) is 44.1 Å². The van der Waals surface area contributed by atoms with Gasteiger partial charge < -0.3 is 20.1 Å². The Morgan fingerprint density at radius 3 is 2.52 bits per heavy atom. The van der Waals surface area contributed by atoms with Crippen molar-refractivity contribution in [1.29, 1.82) is 0 Å². The van der Waals surface area contributed by atoms with Gasteiger partial charge in [0.25, 0.3) is 0 Å². The molecule has 0 aliphatic carbocycles. The average molecular weight is 314 g/mol. The summed E-state index contributed by atoms with van der Waals surface area (Å²) in [4.78, 5) is 11.1. The lowest BCUT2D eigenvalue weighted by Crippen LogP contribution is -2.20. The van der Waals surface area contributed by atoms with Gasteiger partial charge in [-0.05, 0) is 30.5 Å². The highest BCUT2D eigenvalue weighted by Crippen LogP contribution is 2.26. The van der Waals surface area contributed by atoms with E-state index in [1.807, 2.05) is 24.5 Å². The third-order valence-corrected chi connectivity index (χ3v) is 3.98. The van der Waals surface area contributed by atoms with Gasteiger partial charge in [0.05, 0.1) is 7.11 Å². The zero-order valence-corrected chi connectivity index (χ0v) is 13.3. The Balaban J connectivity index is 1.52. The van der Waals surface area contributed by atoms with Crippen molar-refractivity contribution in [1.82, 2.24) is 15.3 Å². The molecule has 6 heteroatoms. The van der Waals surface area contributed by atoms with E-state index >= 15 is 0 Å². The van der Waals surface area contributed by atoms with Crippen LogP contribution in [-0.2, 0) is 13.1 Å². The van der Waals surface area contributed by atoms with E-state index in [0.717, 1.165) is 30.2 Å². The van der Waals surface area contributed by atoms with Gasteiger partial charge in [-0.3, -0.25) is 0 Å². The summed E-state index contributed by atoms with van der Waals surface area (Å²) in [7, 11) is 1.55. The molecule has 1 aromatic carbocycles. The van der Waals surface area contributed by atoms with Crippen molar-refractivity contribution in [2.75, 3.05) is 25.1 Å². The lowest BCUT2D eigenvalue weighted by molar-refractivity contribution is 0.373. The van der Waals surface area contributed by atoms with Crippen molar-refractivity contribution in [3.05, 3.63) is 41.7 Å². The summed E-state index contributed by atoms with van der Waals surface area (Å²) in [5, 5.41) is 12.9. The topological polar surface area (TPSA) is 70.5 Å². The number of nitrogens with one attached hydrogen (secondary N) is 1. The molecule has 23 heavy (non-hydrogen) atoms. The first-order chi connectivity index (χ1) is 11.3. The van der Waals surface area contributed by atoms with Crippen molar-refractivity contribution in [2.45, 2.75) is 25.9 Å².